The van der Waals surface area contributed by atoms with Crippen molar-refractivity contribution in [3.05, 3.63) is 52.5 Å². The number of ether oxygens (including phenoxy) is 1. The van der Waals surface area contributed by atoms with Gasteiger partial charge in [0, 0.05) is 0 Å². The van der Waals surface area contributed by atoms with Crippen LogP contribution < -0.4 is 4.90 Å². The molecular formula is C15H15NO2Se. The van der Waals surface area contributed by atoms with E-state index < -0.39 is 0 Å². The van der Waals surface area contributed by atoms with Crippen LogP contribution >= 0.6 is 0 Å². The molecule has 1 aliphatic heterocycles. The monoisotopic (exact) mass is 321 g/mol. The number of carbonyl (C=O) groups excluding carboxylic acids is 1. The summed E-state index contributed by atoms with van der Waals surface area (Å²) in [5.74, 6) is 0.167. The molecule has 1 saturated heterocycles. The molecule has 3 nitrogen and oxygen atoms in total. The van der Waals surface area contributed by atoms with E-state index in [1.165, 1.54) is 4.56 Å². The zero-order valence-electron chi connectivity index (χ0n) is 10.5. The minimum absolute atomic E-state index is 0.129. The SMILES string of the molecule is O=C(c1ccccc1)c1ccc(N2CCOCC2)[se]1. The second kappa shape index (κ2) is 5.74. The average Bonchev–Trinajstić information content (AvgIpc) is 2.98. The van der Waals surface area contributed by atoms with Crippen LogP contribution in [0.5, 0.6) is 0 Å². The molecule has 0 amide bonds. The molecule has 1 aromatic carbocycles. The second-order valence-electron chi connectivity index (χ2n) is 4.43. The molecule has 1 aromatic heterocycles. The van der Waals surface area contributed by atoms with Gasteiger partial charge in [-0.25, -0.2) is 0 Å². The molecule has 0 bridgehead atoms. The van der Waals surface area contributed by atoms with Gasteiger partial charge >= 0.3 is 118 Å². The van der Waals surface area contributed by atoms with Gasteiger partial charge < -0.3 is 0 Å². The maximum absolute atomic E-state index is 12.3. The van der Waals surface area contributed by atoms with Crippen LogP contribution in [0.25, 0.3) is 0 Å². The van der Waals surface area contributed by atoms with Gasteiger partial charge in [-0.15, -0.1) is 0 Å². The van der Waals surface area contributed by atoms with Crippen LogP contribution in [0, 0.1) is 0 Å². The number of morpholine rings is 1. The van der Waals surface area contributed by atoms with E-state index in [1.807, 2.05) is 36.4 Å². The van der Waals surface area contributed by atoms with Gasteiger partial charge in [-0.3, -0.25) is 0 Å². The molecule has 2 heterocycles. The molecule has 0 aliphatic carbocycles. The van der Waals surface area contributed by atoms with E-state index in [2.05, 4.69) is 11.0 Å². The first-order valence-electron chi connectivity index (χ1n) is 6.37. The molecule has 0 atom stereocenters. The molecule has 0 saturated carbocycles. The van der Waals surface area contributed by atoms with E-state index >= 15 is 0 Å². The predicted octanol–water partition coefficient (Wildman–Crippen LogP) is 1.81. The predicted molar refractivity (Wildman–Crippen MR) is 76.3 cm³/mol. The molecule has 4 heteroatoms. The van der Waals surface area contributed by atoms with E-state index in [0.717, 1.165) is 36.3 Å². The summed E-state index contributed by atoms with van der Waals surface area (Å²) < 4.78 is 7.60. The number of hydrogen-bond donors (Lipinski definition) is 0. The van der Waals surface area contributed by atoms with E-state index in [1.54, 1.807) is 0 Å². The maximum atomic E-state index is 12.3. The molecule has 1 aliphatic rings. The quantitative estimate of drug-likeness (QED) is 0.638. The first-order chi connectivity index (χ1) is 9.34. The van der Waals surface area contributed by atoms with E-state index in [9.17, 15) is 4.79 Å². The molecule has 0 unspecified atom stereocenters. The number of rotatable bonds is 3. The number of nitrogens with zero attached hydrogens (tertiary/aromatic N) is 1. The van der Waals surface area contributed by atoms with E-state index in [0.29, 0.717) is 0 Å². The standard InChI is InChI=1S/C15H15NO2Se/c17-15(12-4-2-1-3-5-12)13-6-7-14(19-13)16-8-10-18-11-9-16/h1-7H,8-11H2. The summed E-state index contributed by atoms with van der Waals surface area (Å²) in [6, 6.07) is 13.6. The topological polar surface area (TPSA) is 29.5 Å². The van der Waals surface area contributed by atoms with Crippen molar-refractivity contribution in [1.82, 2.24) is 0 Å². The van der Waals surface area contributed by atoms with Crippen LogP contribution in [-0.4, -0.2) is 46.6 Å². The summed E-state index contributed by atoms with van der Waals surface area (Å²) >= 11 is 0.129. The van der Waals surface area contributed by atoms with Gasteiger partial charge in [0.1, 0.15) is 0 Å². The van der Waals surface area contributed by atoms with Gasteiger partial charge in [0.2, 0.25) is 0 Å². The Morgan fingerprint density at radius 2 is 1.79 bits per heavy atom. The summed E-state index contributed by atoms with van der Waals surface area (Å²) in [7, 11) is 0. The second-order valence-corrected chi connectivity index (χ2v) is 6.66. The number of ketones is 1. The Hall–Kier alpha value is -1.35. The van der Waals surface area contributed by atoms with Crippen LogP contribution in [-0.2, 0) is 4.74 Å². The van der Waals surface area contributed by atoms with Crippen molar-refractivity contribution in [2.75, 3.05) is 31.2 Å². The fourth-order valence-electron chi connectivity index (χ4n) is 2.14. The first kappa shape index (κ1) is 12.7. The number of hydrogen-bond acceptors (Lipinski definition) is 3. The molecule has 0 spiro atoms. The van der Waals surface area contributed by atoms with Gasteiger partial charge in [0.25, 0.3) is 0 Å². The van der Waals surface area contributed by atoms with Gasteiger partial charge in [-0.1, -0.05) is 0 Å². The Bertz CT molecular complexity index is 559. The molecule has 1 fully saturated rings. The zero-order chi connectivity index (χ0) is 13.1. The summed E-state index contributed by atoms with van der Waals surface area (Å²) in [6.07, 6.45) is 0. The van der Waals surface area contributed by atoms with Gasteiger partial charge in [-0.05, 0) is 0 Å². The van der Waals surface area contributed by atoms with Gasteiger partial charge in [0.05, 0.1) is 0 Å². The first-order valence-corrected chi connectivity index (χ1v) is 8.08. The van der Waals surface area contributed by atoms with Gasteiger partial charge in [-0.2, -0.15) is 0 Å². The van der Waals surface area contributed by atoms with Crippen molar-refractivity contribution in [3.8, 4) is 0 Å². The third-order valence-electron chi connectivity index (χ3n) is 3.17. The molecule has 3 rings (SSSR count). The Kier molecular flexibility index (Phi) is 3.83. The summed E-state index contributed by atoms with van der Waals surface area (Å²) in [5.41, 5.74) is 0.784. The number of benzene rings is 1. The summed E-state index contributed by atoms with van der Waals surface area (Å²) in [4.78, 5) is 14.7. The molecule has 0 radical (unpaired) electrons. The van der Waals surface area contributed by atoms with Crippen LogP contribution in [0.15, 0.2) is 42.5 Å². The summed E-state index contributed by atoms with van der Waals surface area (Å²) in [6.45, 7) is 3.45. The molecule has 98 valence electrons. The third-order valence-corrected chi connectivity index (χ3v) is 5.58. The molecule has 0 N–H and O–H groups in total. The Balaban J connectivity index is 1.79. The van der Waals surface area contributed by atoms with Gasteiger partial charge in [0.15, 0.2) is 0 Å². The third kappa shape index (κ3) is 2.81. The van der Waals surface area contributed by atoms with Crippen molar-refractivity contribution in [1.29, 1.82) is 0 Å². The van der Waals surface area contributed by atoms with Crippen LogP contribution in [0.3, 0.4) is 0 Å². The average molecular weight is 320 g/mol. The van der Waals surface area contributed by atoms with Crippen LogP contribution in [0.2, 0.25) is 0 Å². The molecule has 2 aromatic rings. The minimum atomic E-state index is 0.129. The summed E-state index contributed by atoms with van der Waals surface area (Å²) in [5, 5.41) is 0. The number of carbonyl (C=O) groups is 1. The van der Waals surface area contributed by atoms with Crippen molar-refractivity contribution in [2.24, 2.45) is 0 Å². The van der Waals surface area contributed by atoms with Crippen molar-refractivity contribution in [2.45, 2.75) is 0 Å². The fraction of sp³-hybridized carbons (Fsp3) is 0.267. The fourth-order valence-corrected chi connectivity index (χ4v) is 4.27. The van der Waals surface area contributed by atoms with E-state index in [-0.39, 0.29) is 20.3 Å². The van der Waals surface area contributed by atoms with Crippen LogP contribution in [0.4, 0.5) is 4.56 Å². The Labute approximate surface area is 118 Å². The zero-order valence-corrected chi connectivity index (χ0v) is 12.3. The van der Waals surface area contributed by atoms with Crippen molar-refractivity contribution >= 4 is 24.8 Å². The van der Waals surface area contributed by atoms with Crippen LogP contribution in [0.1, 0.15) is 14.8 Å². The molecule has 19 heavy (non-hydrogen) atoms. The normalized spacial score (nSPS) is 15.5. The van der Waals surface area contributed by atoms with Crippen molar-refractivity contribution in [3.63, 3.8) is 0 Å². The Morgan fingerprint density at radius 3 is 2.53 bits per heavy atom. The van der Waals surface area contributed by atoms with Crippen molar-refractivity contribution < 1.29 is 9.53 Å². The van der Waals surface area contributed by atoms with E-state index in [4.69, 9.17) is 4.74 Å². The number of anilines is 1. The Morgan fingerprint density at radius 1 is 1.05 bits per heavy atom. The molecular weight excluding hydrogens is 305 g/mol.